The average Bonchev–Trinajstić information content (AvgIpc) is 2.91. The molecule has 0 aromatic heterocycles. The monoisotopic (exact) mass is 560 g/mol. The van der Waals surface area contributed by atoms with Crippen LogP contribution in [0, 0.1) is 17.5 Å². The first-order chi connectivity index (χ1) is 19.1. The summed E-state index contributed by atoms with van der Waals surface area (Å²) in [6.07, 6.45) is 0.366. The molecule has 4 aromatic rings. The van der Waals surface area contributed by atoms with E-state index in [1.165, 1.54) is 36.4 Å². The van der Waals surface area contributed by atoms with E-state index in [9.17, 15) is 22.0 Å². The van der Waals surface area contributed by atoms with E-state index in [2.05, 4.69) is 6.92 Å². The first-order valence-electron chi connectivity index (χ1n) is 13.3. The van der Waals surface area contributed by atoms with Crippen LogP contribution in [0.5, 0.6) is 11.5 Å². The summed E-state index contributed by atoms with van der Waals surface area (Å²) in [5.41, 5.74) is 1.35. The van der Waals surface area contributed by atoms with Gasteiger partial charge in [-0.1, -0.05) is 62.6 Å². The van der Waals surface area contributed by atoms with Crippen LogP contribution in [-0.2, 0) is 12.8 Å². The Bertz CT molecular complexity index is 1410. The van der Waals surface area contributed by atoms with Crippen molar-refractivity contribution in [2.24, 2.45) is 0 Å². The predicted molar refractivity (Wildman–Crippen MR) is 144 cm³/mol. The number of hydrogen-bond donors (Lipinski definition) is 0. The van der Waals surface area contributed by atoms with Crippen LogP contribution in [0.3, 0.4) is 0 Å². The van der Waals surface area contributed by atoms with Crippen molar-refractivity contribution in [2.75, 3.05) is 13.2 Å². The fourth-order valence-corrected chi connectivity index (χ4v) is 4.51. The highest BCUT2D eigenvalue weighted by atomic mass is 19.4. The fourth-order valence-electron chi connectivity index (χ4n) is 4.51. The van der Waals surface area contributed by atoms with Crippen LogP contribution in [-0.4, -0.2) is 19.4 Å². The summed E-state index contributed by atoms with van der Waals surface area (Å²) < 4.78 is 92.2. The molecule has 0 radical (unpaired) electrons. The van der Waals surface area contributed by atoms with Gasteiger partial charge in [0.2, 0.25) is 0 Å². The molecule has 0 unspecified atom stereocenters. The topological polar surface area (TPSA) is 18.5 Å². The Hall–Kier alpha value is -3.68. The summed E-state index contributed by atoms with van der Waals surface area (Å²) in [6.45, 7) is 1.12. The van der Waals surface area contributed by atoms with Crippen LogP contribution in [0.25, 0.3) is 21.9 Å². The molecule has 0 spiro atoms. The van der Waals surface area contributed by atoms with Crippen molar-refractivity contribution < 1.29 is 35.8 Å². The van der Waals surface area contributed by atoms with Crippen molar-refractivity contribution >= 4 is 10.8 Å². The number of unbranched alkanes of at least 4 members (excludes halogenated alkanes) is 3. The average molecular weight is 561 g/mol. The maximum atomic E-state index is 15.3. The second-order valence-electron chi connectivity index (χ2n) is 9.69. The van der Waals surface area contributed by atoms with E-state index < -0.39 is 30.2 Å². The molecule has 0 aliphatic carbocycles. The van der Waals surface area contributed by atoms with E-state index >= 15 is 4.39 Å². The molecule has 4 rings (SSSR count). The molecule has 0 saturated carbocycles. The number of alkyl halides is 3. The van der Waals surface area contributed by atoms with Gasteiger partial charge in [0.25, 0.3) is 0 Å². The van der Waals surface area contributed by atoms with Crippen LogP contribution in [0.15, 0.2) is 66.7 Å². The standard InChI is InChI=1S/C32H30F6O2/c1-2-3-4-5-16-39-26-18-28(33)30(29(34)19-26)24-12-15-27-23(17-24)11-10-22(31(27)35)9-6-21-7-13-25(14-8-21)40-20-32(36,37)38/h7-8,10-15,17-19H,2-6,9,16,20H2,1H3. The molecule has 0 heterocycles. The smallest absolute Gasteiger partial charge is 0.422 e. The Balaban J connectivity index is 1.44. The molecule has 40 heavy (non-hydrogen) atoms. The van der Waals surface area contributed by atoms with Gasteiger partial charge >= 0.3 is 6.18 Å². The number of ether oxygens (including phenoxy) is 2. The molecule has 0 saturated heterocycles. The molecule has 212 valence electrons. The van der Waals surface area contributed by atoms with E-state index in [4.69, 9.17) is 9.47 Å². The lowest BCUT2D eigenvalue weighted by atomic mass is 9.96. The highest BCUT2D eigenvalue weighted by Crippen LogP contribution is 2.33. The second kappa shape index (κ2) is 13.1. The maximum absolute atomic E-state index is 15.3. The minimum atomic E-state index is -4.41. The van der Waals surface area contributed by atoms with Crippen molar-refractivity contribution in [3.05, 3.63) is 95.3 Å². The van der Waals surface area contributed by atoms with Crippen LogP contribution in [0.1, 0.15) is 43.7 Å². The van der Waals surface area contributed by atoms with Gasteiger partial charge in [0.05, 0.1) is 12.2 Å². The third-order valence-corrected chi connectivity index (χ3v) is 6.61. The summed E-state index contributed by atoms with van der Waals surface area (Å²) in [7, 11) is 0. The van der Waals surface area contributed by atoms with Crippen molar-refractivity contribution in [3.8, 4) is 22.6 Å². The molecular weight excluding hydrogens is 530 g/mol. The molecule has 0 bridgehead atoms. The van der Waals surface area contributed by atoms with Gasteiger partial charge in [-0.3, -0.25) is 0 Å². The molecule has 0 atom stereocenters. The van der Waals surface area contributed by atoms with E-state index in [0.717, 1.165) is 31.2 Å². The normalized spacial score (nSPS) is 11.7. The molecule has 8 heteroatoms. The summed E-state index contributed by atoms with van der Waals surface area (Å²) in [5, 5.41) is 0.824. The molecule has 0 aliphatic rings. The number of rotatable bonds is 12. The van der Waals surface area contributed by atoms with E-state index in [-0.39, 0.29) is 22.6 Å². The Labute approximate surface area is 229 Å². The zero-order chi connectivity index (χ0) is 28.7. The zero-order valence-electron chi connectivity index (χ0n) is 22.1. The summed E-state index contributed by atoms with van der Waals surface area (Å²) >= 11 is 0. The molecular formula is C32H30F6O2. The Morgan fingerprint density at radius 2 is 1.43 bits per heavy atom. The van der Waals surface area contributed by atoms with Crippen LogP contribution in [0.4, 0.5) is 26.3 Å². The molecule has 0 amide bonds. The van der Waals surface area contributed by atoms with Gasteiger partial charge in [0.1, 0.15) is 29.0 Å². The molecule has 0 fully saturated rings. The summed E-state index contributed by atoms with van der Waals surface area (Å²) in [6, 6.07) is 16.4. The van der Waals surface area contributed by atoms with Gasteiger partial charge in [0.15, 0.2) is 6.61 Å². The van der Waals surface area contributed by atoms with Crippen molar-refractivity contribution in [1.82, 2.24) is 0 Å². The van der Waals surface area contributed by atoms with Gasteiger partial charge in [-0.25, -0.2) is 13.2 Å². The Morgan fingerprint density at radius 1 is 0.700 bits per heavy atom. The summed E-state index contributed by atoms with van der Waals surface area (Å²) in [5.74, 6) is -1.70. The minimum absolute atomic E-state index is 0.103. The van der Waals surface area contributed by atoms with Gasteiger partial charge in [-0.15, -0.1) is 0 Å². The van der Waals surface area contributed by atoms with Gasteiger partial charge in [-0.2, -0.15) is 13.2 Å². The molecule has 0 aliphatic heterocycles. The van der Waals surface area contributed by atoms with Gasteiger partial charge in [-0.05, 0) is 59.5 Å². The lowest BCUT2D eigenvalue weighted by Gasteiger charge is -2.12. The largest absolute Gasteiger partial charge is 0.493 e. The van der Waals surface area contributed by atoms with Crippen molar-refractivity contribution in [3.63, 3.8) is 0 Å². The zero-order valence-corrected chi connectivity index (χ0v) is 22.1. The Morgan fingerprint density at radius 3 is 2.10 bits per heavy atom. The number of aryl methyl sites for hydroxylation is 2. The van der Waals surface area contributed by atoms with E-state index in [0.29, 0.717) is 35.8 Å². The number of halogens is 6. The van der Waals surface area contributed by atoms with Crippen LogP contribution in [0.2, 0.25) is 0 Å². The van der Waals surface area contributed by atoms with Crippen LogP contribution >= 0.6 is 0 Å². The minimum Gasteiger partial charge on any atom is -0.493 e. The third kappa shape index (κ3) is 7.71. The van der Waals surface area contributed by atoms with Crippen LogP contribution < -0.4 is 9.47 Å². The van der Waals surface area contributed by atoms with E-state index in [1.54, 1.807) is 30.3 Å². The SMILES string of the molecule is CCCCCCOc1cc(F)c(-c2ccc3c(F)c(CCc4ccc(OCC(F)(F)F)cc4)ccc3c2)c(F)c1. The fraction of sp³-hybridized carbons (Fsp3) is 0.312. The van der Waals surface area contributed by atoms with Crippen molar-refractivity contribution in [1.29, 1.82) is 0 Å². The number of benzene rings is 4. The first-order valence-corrected chi connectivity index (χ1v) is 13.3. The van der Waals surface area contributed by atoms with E-state index in [1.807, 2.05) is 0 Å². The summed E-state index contributed by atoms with van der Waals surface area (Å²) in [4.78, 5) is 0. The lowest BCUT2D eigenvalue weighted by Crippen LogP contribution is -2.19. The lowest BCUT2D eigenvalue weighted by molar-refractivity contribution is -0.153. The highest BCUT2D eigenvalue weighted by Gasteiger charge is 2.28. The van der Waals surface area contributed by atoms with Crippen molar-refractivity contribution in [2.45, 2.75) is 51.6 Å². The second-order valence-corrected chi connectivity index (χ2v) is 9.69. The molecule has 2 nitrogen and oxygen atoms in total. The molecule has 0 N–H and O–H groups in total. The van der Waals surface area contributed by atoms with Gasteiger partial charge < -0.3 is 9.47 Å². The number of hydrogen-bond acceptors (Lipinski definition) is 2. The quantitative estimate of drug-likeness (QED) is 0.127. The molecule has 4 aromatic carbocycles. The Kier molecular flexibility index (Phi) is 9.61. The van der Waals surface area contributed by atoms with Gasteiger partial charge in [0, 0.05) is 17.5 Å². The third-order valence-electron chi connectivity index (χ3n) is 6.61. The highest BCUT2D eigenvalue weighted by molar-refractivity contribution is 5.88. The maximum Gasteiger partial charge on any atom is 0.422 e. The predicted octanol–water partition coefficient (Wildman–Crippen LogP) is 9.61. The first kappa shape index (κ1) is 29.3. The number of fused-ring (bicyclic) bond motifs is 1.